The Morgan fingerprint density at radius 1 is 1.53 bits per heavy atom. The minimum absolute atomic E-state index is 0.231. The Kier molecular flexibility index (Phi) is 5.50. The zero-order valence-corrected chi connectivity index (χ0v) is 12.3. The second-order valence-electron chi connectivity index (χ2n) is 5.11. The quantitative estimate of drug-likeness (QED) is 0.814. The lowest BCUT2D eigenvalue weighted by Crippen LogP contribution is -2.54. The van der Waals surface area contributed by atoms with Crippen molar-refractivity contribution in [3.63, 3.8) is 0 Å². The summed E-state index contributed by atoms with van der Waals surface area (Å²) < 4.78 is 13.1. The zero-order chi connectivity index (χ0) is 13.7. The Labute approximate surface area is 118 Å². The maximum absolute atomic E-state index is 9.89. The monoisotopic (exact) mass is 286 g/mol. The second-order valence-corrected chi connectivity index (χ2v) is 5.67. The molecule has 0 amide bonds. The van der Waals surface area contributed by atoms with Crippen molar-refractivity contribution in [2.45, 2.75) is 51.3 Å². The molecule has 0 aliphatic carbocycles. The lowest BCUT2D eigenvalue weighted by Gasteiger charge is -2.39. The molecule has 2 N–H and O–H groups in total. The first-order chi connectivity index (χ1) is 9.16. The standard InChI is InChI=1S/C12H22N4O2S/c1-9-4-3-5-10(2)16(9)13-6-11(17)8-18-12-7-14-19-15-12/h7,9-11,13,17H,3-6,8H2,1-2H3. The average Bonchev–Trinajstić information content (AvgIpc) is 2.89. The summed E-state index contributed by atoms with van der Waals surface area (Å²) in [5.74, 6) is 0.476. The summed E-state index contributed by atoms with van der Waals surface area (Å²) in [6.45, 7) is 5.15. The molecule has 1 fully saturated rings. The van der Waals surface area contributed by atoms with E-state index < -0.39 is 6.10 Å². The van der Waals surface area contributed by atoms with E-state index in [-0.39, 0.29) is 6.61 Å². The number of hydrogen-bond donors (Lipinski definition) is 2. The first kappa shape index (κ1) is 14.6. The van der Waals surface area contributed by atoms with Crippen LogP contribution in [-0.4, -0.2) is 50.2 Å². The summed E-state index contributed by atoms with van der Waals surface area (Å²) in [6.07, 6.45) is 4.69. The van der Waals surface area contributed by atoms with Crippen molar-refractivity contribution in [3.05, 3.63) is 6.20 Å². The number of hydrogen-bond acceptors (Lipinski definition) is 7. The Morgan fingerprint density at radius 2 is 2.26 bits per heavy atom. The summed E-state index contributed by atoms with van der Waals surface area (Å²) >= 11 is 1.10. The molecular formula is C12H22N4O2S. The Balaban J connectivity index is 1.69. The van der Waals surface area contributed by atoms with Gasteiger partial charge in [0.15, 0.2) is 0 Å². The fraction of sp³-hybridized carbons (Fsp3) is 0.833. The van der Waals surface area contributed by atoms with Crippen LogP contribution in [0.25, 0.3) is 0 Å². The highest BCUT2D eigenvalue weighted by Gasteiger charge is 2.24. The molecule has 1 aliphatic rings. The molecule has 1 saturated heterocycles. The van der Waals surface area contributed by atoms with Gasteiger partial charge in [0.25, 0.3) is 0 Å². The SMILES string of the molecule is CC1CCCC(C)N1NCC(O)COc1cnsn1. The summed E-state index contributed by atoms with van der Waals surface area (Å²) in [6, 6.07) is 1.03. The molecule has 19 heavy (non-hydrogen) atoms. The number of ether oxygens (including phenoxy) is 1. The number of aromatic nitrogens is 2. The van der Waals surface area contributed by atoms with Crippen molar-refractivity contribution in [1.29, 1.82) is 0 Å². The molecular weight excluding hydrogens is 264 g/mol. The number of piperidine rings is 1. The van der Waals surface area contributed by atoms with E-state index in [9.17, 15) is 5.11 Å². The number of nitrogens with zero attached hydrogens (tertiary/aromatic N) is 3. The maximum atomic E-state index is 9.89. The van der Waals surface area contributed by atoms with Crippen LogP contribution in [0.4, 0.5) is 0 Å². The van der Waals surface area contributed by atoms with Gasteiger partial charge in [0, 0.05) is 18.6 Å². The summed E-state index contributed by atoms with van der Waals surface area (Å²) in [4.78, 5) is 0. The predicted octanol–water partition coefficient (Wildman–Crippen LogP) is 1.05. The van der Waals surface area contributed by atoms with Gasteiger partial charge in [-0.3, -0.25) is 5.43 Å². The van der Waals surface area contributed by atoms with E-state index in [1.165, 1.54) is 19.3 Å². The third-order valence-corrected chi connectivity index (χ3v) is 3.93. The van der Waals surface area contributed by atoms with Gasteiger partial charge in [0.2, 0.25) is 5.88 Å². The minimum atomic E-state index is -0.553. The Hall–Kier alpha value is -0.760. The van der Waals surface area contributed by atoms with Crippen LogP contribution >= 0.6 is 11.7 Å². The third kappa shape index (κ3) is 4.38. The fourth-order valence-corrected chi connectivity index (χ4v) is 2.77. The van der Waals surface area contributed by atoms with Gasteiger partial charge in [0.1, 0.15) is 18.9 Å². The van der Waals surface area contributed by atoms with Crippen LogP contribution in [-0.2, 0) is 0 Å². The molecule has 3 atom stereocenters. The largest absolute Gasteiger partial charge is 0.473 e. The molecule has 2 rings (SSSR count). The van der Waals surface area contributed by atoms with Gasteiger partial charge < -0.3 is 9.84 Å². The zero-order valence-electron chi connectivity index (χ0n) is 11.5. The molecule has 3 unspecified atom stereocenters. The van der Waals surface area contributed by atoms with Crippen LogP contribution in [0, 0.1) is 0 Å². The third-order valence-electron chi connectivity index (χ3n) is 3.47. The maximum Gasteiger partial charge on any atom is 0.245 e. The molecule has 1 aliphatic heterocycles. The van der Waals surface area contributed by atoms with E-state index in [0.717, 1.165) is 11.7 Å². The van der Waals surface area contributed by atoms with Gasteiger partial charge in [-0.25, -0.2) is 5.01 Å². The predicted molar refractivity (Wildman–Crippen MR) is 74.0 cm³/mol. The molecule has 0 saturated carbocycles. The lowest BCUT2D eigenvalue weighted by molar-refractivity contribution is 0.0167. The van der Waals surface area contributed by atoms with Crippen LogP contribution in [0.2, 0.25) is 0 Å². The minimum Gasteiger partial charge on any atom is -0.473 e. The van der Waals surface area contributed by atoms with Crippen molar-refractivity contribution in [2.24, 2.45) is 0 Å². The topological polar surface area (TPSA) is 70.5 Å². The molecule has 1 aromatic rings. The molecule has 0 radical (unpaired) electrons. The van der Waals surface area contributed by atoms with Gasteiger partial charge in [-0.1, -0.05) is 6.42 Å². The molecule has 2 heterocycles. The smallest absolute Gasteiger partial charge is 0.245 e. The molecule has 6 nitrogen and oxygen atoms in total. The van der Waals surface area contributed by atoms with Crippen LogP contribution in [0.5, 0.6) is 5.88 Å². The van der Waals surface area contributed by atoms with Crippen LogP contribution in [0.3, 0.4) is 0 Å². The van der Waals surface area contributed by atoms with E-state index in [2.05, 4.69) is 33.0 Å². The van der Waals surface area contributed by atoms with E-state index in [1.54, 1.807) is 6.20 Å². The first-order valence-electron chi connectivity index (χ1n) is 6.77. The molecule has 108 valence electrons. The van der Waals surface area contributed by atoms with Crippen molar-refractivity contribution < 1.29 is 9.84 Å². The summed E-state index contributed by atoms with van der Waals surface area (Å²) in [5.41, 5.74) is 3.32. The van der Waals surface area contributed by atoms with Crippen molar-refractivity contribution in [1.82, 2.24) is 19.2 Å². The van der Waals surface area contributed by atoms with Gasteiger partial charge in [-0.05, 0) is 26.7 Å². The highest BCUT2D eigenvalue weighted by atomic mass is 32.1. The van der Waals surface area contributed by atoms with Crippen molar-refractivity contribution in [2.75, 3.05) is 13.2 Å². The van der Waals surface area contributed by atoms with Crippen LogP contribution in [0.1, 0.15) is 33.1 Å². The Morgan fingerprint density at radius 3 is 2.89 bits per heavy atom. The van der Waals surface area contributed by atoms with Gasteiger partial charge in [0.05, 0.1) is 11.7 Å². The fourth-order valence-electron chi connectivity index (χ4n) is 2.40. The van der Waals surface area contributed by atoms with Crippen LogP contribution < -0.4 is 10.2 Å². The molecule has 1 aromatic heterocycles. The second kappa shape index (κ2) is 7.14. The van der Waals surface area contributed by atoms with E-state index >= 15 is 0 Å². The average molecular weight is 286 g/mol. The Bertz CT molecular complexity index is 353. The summed E-state index contributed by atoms with van der Waals surface area (Å²) in [5, 5.41) is 12.1. The molecule has 0 bridgehead atoms. The number of rotatable bonds is 6. The highest BCUT2D eigenvalue weighted by Crippen LogP contribution is 2.20. The normalized spacial score (nSPS) is 26.3. The number of aliphatic hydroxyl groups is 1. The van der Waals surface area contributed by atoms with E-state index in [4.69, 9.17) is 4.74 Å². The summed E-state index contributed by atoms with van der Waals surface area (Å²) in [7, 11) is 0. The molecule has 0 spiro atoms. The number of aliphatic hydroxyl groups excluding tert-OH is 1. The first-order valence-corrected chi connectivity index (χ1v) is 7.50. The van der Waals surface area contributed by atoms with Gasteiger partial charge in [-0.2, -0.15) is 4.37 Å². The van der Waals surface area contributed by atoms with E-state index in [0.29, 0.717) is 24.5 Å². The van der Waals surface area contributed by atoms with Crippen LogP contribution in [0.15, 0.2) is 6.20 Å². The van der Waals surface area contributed by atoms with E-state index in [1.807, 2.05) is 0 Å². The van der Waals surface area contributed by atoms with Crippen molar-refractivity contribution in [3.8, 4) is 5.88 Å². The number of hydrazine groups is 1. The molecule has 7 heteroatoms. The van der Waals surface area contributed by atoms with Gasteiger partial charge >= 0.3 is 0 Å². The molecule has 0 aromatic carbocycles. The number of nitrogens with one attached hydrogen (secondary N) is 1. The highest BCUT2D eigenvalue weighted by molar-refractivity contribution is 6.99. The van der Waals surface area contributed by atoms with Crippen molar-refractivity contribution >= 4 is 11.7 Å². The lowest BCUT2D eigenvalue weighted by atomic mass is 10.00. The van der Waals surface area contributed by atoms with Gasteiger partial charge in [-0.15, -0.1) is 4.37 Å².